The maximum absolute atomic E-state index is 11.6. The highest BCUT2D eigenvalue weighted by Gasteiger charge is 2.08. The highest BCUT2D eigenvalue weighted by atomic mass is 16.1. The Kier molecular flexibility index (Phi) is 3.74. The third kappa shape index (κ3) is 2.93. The van der Waals surface area contributed by atoms with E-state index in [1.807, 2.05) is 19.2 Å². The van der Waals surface area contributed by atoms with Crippen molar-refractivity contribution >= 4 is 0 Å². The molecule has 1 saturated heterocycles. The second-order valence-electron chi connectivity index (χ2n) is 4.33. The van der Waals surface area contributed by atoms with Crippen LogP contribution in [0.2, 0.25) is 0 Å². The Labute approximate surface area is 95.9 Å². The Balaban J connectivity index is 1.93. The van der Waals surface area contributed by atoms with Crippen molar-refractivity contribution in [1.29, 1.82) is 0 Å². The molecule has 2 rings (SSSR count). The predicted molar refractivity (Wildman–Crippen MR) is 64.7 cm³/mol. The summed E-state index contributed by atoms with van der Waals surface area (Å²) in [5.41, 5.74) is 1.24. The fraction of sp³-hybridized carbons (Fsp3) is 0.583. The molecule has 88 valence electrons. The normalized spacial score (nSPS) is 17.6. The first-order chi connectivity index (χ1) is 7.75. The molecule has 1 aliphatic heterocycles. The van der Waals surface area contributed by atoms with Crippen molar-refractivity contribution in [3.8, 4) is 0 Å². The van der Waals surface area contributed by atoms with Crippen LogP contribution in [0.3, 0.4) is 0 Å². The van der Waals surface area contributed by atoms with E-state index in [1.165, 1.54) is 0 Å². The minimum atomic E-state index is 0.0979. The molecule has 1 aliphatic rings. The van der Waals surface area contributed by atoms with Crippen LogP contribution in [0.4, 0.5) is 0 Å². The van der Waals surface area contributed by atoms with Gasteiger partial charge in [-0.15, -0.1) is 0 Å². The fourth-order valence-corrected chi connectivity index (χ4v) is 2.01. The molecule has 4 nitrogen and oxygen atoms in total. The second kappa shape index (κ2) is 5.27. The van der Waals surface area contributed by atoms with Crippen LogP contribution in [-0.2, 0) is 6.54 Å². The van der Waals surface area contributed by atoms with Gasteiger partial charge in [0.2, 0.25) is 0 Å². The zero-order valence-corrected chi connectivity index (χ0v) is 9.78. The van der Waals surface area contributed by atoms with Crippen LogP contribution in [-0.4, -0.2) is 42.2 Å². The molecule has 0 saturated carbocycles. The van der Waals surface area contributed by atoms with Gasteiger partial charge in [0.15, 0.2) is 0 Å². The summed E-state index contributed by atoms with van der Waals surface area (Å²) in [5, 5.41) is 3.32. The van der Waals surface area contributed by atoms with E-state index in [-0.39, 0.29) is 5.56 Å². The topological polar surface area (TPSA) is 37.3 Å². The molecule has 2 heterocycles. The zero-order chi connectivity index (χ0) is 11.4. The van der Waals surface area contributed by atoms with Gasteiger partial charge in [-0.2, -0.15) is 0 Å². The highest BCUT2D eigenvalue weighted by molar-refractivity contribution is 5.07. The maximum Gasteiger partial charge on any atom is 0.250 e. The Hall–Kier alpha value is -1.13. The SMILES string of the molecule is Cc1ccc(=O)n(CCN2CCNCC2)c1. The molecule has 0 spiro atoms. The van der Waals surface area contributed by atoms with Gasteiger partial charge >= 0.3 is 0 Å². The van der Waals surface area contributed by atoms with Crippen LogP contribution in [0.1, 0.15) is 5.56 Å². The molecule has 1 aromatic heterocycles. The summed E-state index contributed by atoms with van der Waals surface area (Å²) in [5.74, 6) is 0. The van der Waals surface area contributed by atoms with Gasteiger partial charge in [-0.25, -0.2) is 0 Å². The lowest BCUT2D eigenvalue weighted by molar-refractivity contribution is 0.231. The maximum atomic E-state index is 11.6. The Morgan fingerprint density at radius 1 is 1.25 bits per heavy atom. The van der Waals surface area contributed by atoms with E-state index in [0.717, 1.165) is 44.8 Å². The van der Waals surface area contributed by atoms with Crippen molar-refractivity contribution in [2.45, 2.75) is 13.5 Å². The van der Waals surface area contributed by atoms with Gasteiger partial charge in [-0.1, -0.05) is 6.07 Å². The van der Waals surface area contributed by atoms with E-state index in [2.05, 4.69) is 10.2 Å². The van der Waals surface area contributed by atoms with Crippen LogP contribution in [0, 0.1) is 6.92 Å². The molecule has 0 atom stereocenters. The van der Waals surface area contributed by atoms with E-state index in [1.54, 1.807) is 10.6 Å². The first kappa shape index (κ1) is 11.4. The molecule has 4 heteroatoms. The summed E-state index contributed by atoms with van der Waals surface area (Å²) in [6.07, 6.45) is 1.94. The molecule has 0 amide bonds. The zero-order valence-electron chi connectivity index (χ0n) is 9.78. The smallest absolute Gasteiger partial charge is 0.250 e. The van der Waals surface area contributed by atoms with Crippen LogP contribution < -0.4 is 10.9 Å². The number of aromatic nitrogens is 1. The number of hydrogen-bond donors (Lipinski definition) is 1. The van der Waals surface area contributed by atoms with Gasteiger partial charge in [0.25, 0.3) is 5.56 Å². The fourth-order valence-electron chi connectivity index (χ4n) is 2.01. The number of rotatable bonds is 3. The van der Waals surface area contributed by atoms with E-state index in [0.29, 0.717) is 0 Å². The first-order valence-corrected chi connectivity index (χ1v) is 5.86. The van der Waals surface area contributed by atoms with Gasteiger partial charge in [0.05, 0.1) is 0 Å². The number of aryl methyl sites for hydroxylation is 1. The summed E-state index contributed by atoms with van der Waals surface area (Å²) in [4.78, 5) is 14.0. The molecular formula is C12H19N3O. The minimum absolute atomic E-state index is 0.0979. The number of hydrogen-bond acceptors (Lipinski definition) is 3. The van der Waals surface area contributed by atoms with Gasteiger partial charge in [0.1, 0.15) is 0 Å². The van der Waals surface area contributed by atoms with E-state index in [4.69, 9.17) is 0 Å². The van der Waals surface area contributed by atoms with Gasteiger partial charge < -0.3 is 9.88 Å². The molecule has 1 fully saturated rings. The molecule has 1 aromatic rings. The lowest BCUT2D eigenvalue weighted by Gasteiger charge is -2.27. The number of pyridine rings is 1. The van der Waals surface area contributed by atoms with Gasteiger partial charge in [-0.3, -0.25) is 9.69 Å². The predicted octanol–water partition coefficient (Wildman–Crippen LogP) is 0.0619. The van der Waals surface area contributed by atoms with Crippen molar-refractivity contribution in [3.05, 3.63) is 34.2 Å². The third-order valence-electron chi connectivity index (χ3n) is 3.00. The molecule has 16 heavy (non-hydrogen) atoms. The van der Waals surface area contributed by atoms with Crippen LogP contribution in [0.15, 0.2) is 23.1 Å². The quantitative estimate of drug-likeness (QED) is 0.784. The van der Waals surface area contributed by atoms with Crippen LogP contribution in [0.25, 0.3) is 0 Å². The molecular weight excluding hydrogens is 202 g/mol. The highest BCUT2D eigenvalue weighted by Crippen LogP contribution is 1.95. The van der Waals surface area contributed by atoms with Crippen LogP contribution >= 0.6 is 0 Å². The third-order valence-corrected chi connectivity index (χ3v) is 3.00. The van der Waals surface area contributed by atoms with Crippen LogP contribution in [0.5, 0.6) is 0 Å². The Morgan fingerprint density at radius 2 is 2.00 bits per heavy atom. The number of nitrogens with one attached hydrogen (secondary N) is 1. The molecule has 0 aliphatic carbocycles. The van der Waals surface area contributed by atoms with Crippen molar-refractivity contribution < 1.29 is 0 Å². The van der Waals surface area contributed by atoms with Crippen molar-refractivity contribution in [3.63, 3.8) is 0 Å². The van der Waals surface area contributed by atoms with Crippen molar-refractivity contribution in [2.24, 2.45) is 0 Å². The van der Waals surface area contributed by atoms with Gasteiger partial charge in [-0.05, 0) is 12.5 Å². The van der Waals surface area contributed by atoms with Gasteiger partial charge in [0, 0.05) is 51.5 Å². The molecule has 0 bridgehead atoms. The largest absolute Gasteiger partial charge is 0.314 e. The lowest BCUT2D eigenvalue weighted by atomic mass is 10.3. The minimum Gasteiger partial charge on any atom is -0.314 e. The molecule has 0 unspecified atom stereocenters. The Bertz CT molecular complexity index is 393. The van der Waals surface area contributed by atoms with E-state index in [9.17, 15) is 4.79 Å². The average Bonchev–Trinajstić information content (AvgIpc) is 2.32. The molecule has 0 radical (unpaired) electrons. The number of piperazine rings is 1. The summed E-state index contributed by atoms with van der Waals surface area (Å²) in [6.45, 7) is 8.05. The summed E-state index contributed by atoms with van der Waals surface area (Å²) in [7, 11) is 0. The van der Waals surface area contributed by atoms with Crippen molar-refractivity contribution in [2.75, 3.05) is 32.7 Å². The summed E-state index contributed by atoms with van der Waals surface area (Å²) in [6, 6.07) is 3.51. The van der Waals surface area contributed by atoms with E-state index >= 15 is 0 Å². The molecule has 1 N–H and O–H groups in total. The standard InChI is InChI=1S/C12H19N3O/c1-11-2-3-12(16)15(10-11)9-8-14-6-4-13-5-7-14/h2-3,10,13H,4-9H2,1H3. The molecule has 0 aromatic carbocycles. The number of nitrogens with zero attached hydrogens (tertiary/aromatic N) is 2. The second-order valence-corrected chi connectivity index (χ2v) is 4.33. The summed E-state index contributed by atoms with van der Waals surface area (Å²) >= 11 is 0. The first-order valence-electron chi connectivity index (χ1n) is 5.86. The Morgan fingerprint density at radius 3 is 2.75 bits per heavy atom. The van der Waals surface area contributed by atoms with Crippen molar-refractivity contribution in [1.82, 2.24) is 14.8 Å². The van der Waals surface area contributed by atoms with E-state index < -0.39 is 0 Å². The monoisotopic (exact) mass is 221 g/mol. The lowest BCUT2D eigenvalue weighted by Crippen LogP contribution is -2.45. The summed E-state index contributed by atoms with van der Waals surface area (Å²) < 4.78 is 1.80. The average molecular weight is 221 g/mol.